The topological polar surface area (TPSA) is 119 Å². The summed E-state index contributed by atoms with van der Waals surface area (Å²) in [5.74, 6) is -2.45. The molecule has 0 N–H and O–H groups in total. The number of benzene rings is 2. The lowest BCUT2D eigenvalue weighted by Crippen LogP contribution is -2.32. The van der Waals surface area contributed by atoms with Crippen LogP contribution < -0.4 is 10.4 Å². The van der Waals surface area contributed by atoms with Crippen molar-refractivity contribution in [2.24, 2.45) is 0 Å². The third-order valence-corrected chi connectivity index (χ3v) is 4.67. The Labute approximate surface area is 198 Å². The van der Waals surface area contributed by atoms with E-state index in [2.05, 4.69) is 0 Å². The molecule has 2 aromatic rings. The minimum absolute atomic E-state index is 0.166. The highest BCUT2D eigenvalue weighted by atomic mass is 19.4. The molecular formula is C22H3F10N5. The third-order valence-electron chi connectivity index (χ3n) is 4.67. The molecule has 0 unspecified atom stereocenters. The Morgan fingerprint density at radius 3 is 1.46 bits per heavy atom. The molecule has 0 aromatic heterocycles. The average Bonchev–Trinajstić information content (AvgIpc) is 2.78. The van der Waals surface area contributed by atoms with Crippen LogP contribution in [-0.2, 0) is 18.5 Å². The van der Waals surface area contributed by atoms with E-state index < -0.39 is 79.3 Å². The van der Waals surface area contributed by atoms with Gasteiger partial charge in [-0.1, -0.05) is 0 Å². The van der Waals surface area contributed by atoms with Crippen LogP contribution in [0.2, 0.25) is 0 Å². The maximum atomic E-state index is 15.2. The zero-order valence-corrected chi connectivity index (χ0v) is 17.2. The van der Waals surface area contributed by atoms with Crippen LogP contribution in [0.1, 0.15) is 33.4 Å². The maximum Gasteiger partial charge on any atom is 0.419 e. The van der Waals surface area contributed by atoms with Crippen molar-refractivity contribution in [2.45, 2.75) is 18.5 Å². The first-order chi connectivity index (χ1) is 17.0. The molecule has 15 heteroatoms. The second-order valence-corrected chi connectivity index (χ2v) is 6.78. The molecule has 186 valence electrons. The van der Waals surface area contributed by atoms with Gasteiger partial charge in [0.1, 0.15) is 41.2 Å². The van der Waals surface area contributed by atoms with Gasteiger partial charge in [0.25, 0.3) is 0 Å². The van der Waals surface area contributed by atoms with E-state index >= 15 is 4.39 Å². The van der Waals surface area contributed by atoms with Gasteiger partial charge in [-0.15, -0.1) is 0 Å². The van der Waals surface area contributed by atoms with E-state index in [1.165, 1.54) is 0 Å². The molecule has 0 fully saturated rings. The summed E-state index contributed by atoms with van der Waals surface area (Å²) in [4.78, 5) is 0. The molecule has 0 saturated heterocycles. The molecule has 5 nitrogen and oxygen atoms in total. The van der Waals surface area contributed by atoms with Gasteiger partial charge in [0.15, 0.2) is 0 Å². The molecule has 0 aliphatic carbocycles. The second kappa shape index (κ2) is 9.53. The predicted octanol–water partition coefficient (Wildman–Crippen LogP) is 4.55. The van der Waals surface area contributed by atoms with Crippen molar-refractivity contribution in [2.75, 3.05) is 0 Å². The largest absolute Gasteiger partial charge is 0.419 e. The molecule has 0 radical (unpaired) electrons. The van der Waals surface area contributed by atoms with Crippen LogP contribution in [0, 0.1) is 62.5 Å². The molecule has 0 amide bonds. The van der Waals surface area contributed by atoms with Gasteiger partial charge in [-0.3, -0.25) is 0 Å². The van der Waals surface area contributed by atoms with Crippen LogP contribution in [0.25, 0.3) is 11.1 Å². The van der Waals surface area contributed by atoms with Crippen LogP contribution in [0.15, 0.2) is 18.2 Å². The normalized spacial score (nSPS) is 12.4. The van der Waals surface area contributed by atoms with Crippen molar-refractivity contribution < 1.29 is 43.9 Å². The molecule has 0 atom stereocenters. The summed E-state index contributed by atoms with van der Waals surface area (Å²) in [5, 5.41) is 42.4. The van der Waals surface area contributed by atoms with Crippen LogP contribution in [0.5, 0.6) is 0 Å². The summed E-state index contributed by atoms with van der Waals surface area (Å²) in [5.41, 5.74) is -14.3. The van der Waals surface area contributed by atoms with E-state index in [-0.39, 0.29) is 18.2 Å². The summed E-state index contributed by atoms with van der Waals surface area (Å²) in [6.45, 7) is 0. The zero-order valence-electron chi connectivity index (χ0n) is 17.2. The number of halogens is 10. The van der Waals surface area contributed by atoms with E-state index in [1.807, 2.05) is 0 Å². The maximum absolute atomic E-state index is 15.2. The van der Waals surface area contributed by atoms with Gasteiger partial charge in [-0.2, -0.15) is 65.8 Å². The van der Waals surface area contributed by atoms with E-state index in [9.17, 15) is 50.0 Å². The summed E-state index contributed by atoms with van der Waals surface area (Å²) in [6.07, 6.45) is -17.0. The zero-order chi connectivity index (χ0) is 28.5. The van der Waals surface area contributed by atoms with Gasteiger partial charge in [-0.25, -0.2) is 4.39 Å². The Kier molecular flexibility index (Phi) is 7.25. The van der Waals surface area contributed by atoms with Gasteiger partial charge >= 0.3 is 18.5 Å². The van der Waals surface area contributed by atoms with E-state index in [1.54, 1.807) is 0 Å². The molecule has 0 aliphatic heterocycles. The molecule has 0 aliphatic rings. The van der Waals surface area contributed by atoms with Gasteiger partial charge in [0.2, 0.25) is 0 Å². The van der Waals surface area contributed by atoms with Crippen molar-refractivity contribution in [3.8, 4) is 30.3 Å². The van der Waals surface area contributed by atoms with Crippen molar-refractivity contribution in [3.63, 3.8) is 0 Å². The Morgan fingerprint density at radius 1 is 0.649 bits per heavy atom. The van der Waals surface area contributed by atoms with Crippen LogP contribution in [0.4, 0.5) is 43.9 Å². The predicted molar refractivity (Wildman–Crippen MR) is 99.3 cm³/mol. The Balaban J connectivity index is 3.39. The molecule has 0 spiro atoms. The third kappa shape index (κ3) is 5.15. The minimum atomic E-state index is -5.75. The Hall–Kier alpha value is -5.07. The number of hydrogen-bond acceptors (Lipinski definition) is 5. The molecule has 0 bridgehead atoms. The fourth-order valence-electron chi connectivity index (χ4n) is 3.23. The van der Waals surface area contributed by atoms with Gasteiger partial charge < -0.3 is 0 Å². The number of hydrogen-bond donors (Lipinski definition) is 0. The molecule has 0 saturated carbocycles. The molecule has 2 rings (SSSR count). The summed E-state index contributed by atoms with van der Waals surface area (Å²) in [6, 6.07) is 4.77. The number of rotatable bonds is 1. The summed E-state index contributed by atoms with van der Waals surface area (Å²) >= 11 is 0. The number of nitrogens with zero attached hydrogens (tertiary/aromatic N) is 5. The van der Waals surface area contributed by atoms with E-state index in [4.69, 9.17) is 15.8 Å². The Morgan fingerprint density at radius 2 is 1.14 bits per heavy atom. The monoisotopic (exact) mass is 527 g/mol. The molecule has 37 heavy (non-hydrogen) atoms. The standard InChI is InChI=1S/C22H3F10N5/c23-19-12(1-10(4-33)17(11(5-34)6-35)18(19)22(30,31)32)13(7-36)9-2-15(20(24,25)26)14(8-37)16(3-9)21(27,28)29/h1-3H/b13-12+. The molecule has 2 aromatic carbocycles. The second-order valence-electron chi connectivity index (χ2n) is 6.78. The minimum Gasteiger partial charge on any atom is -0.206 e. The van der Waals surface area contributed by atoms with Gasteiger partial charge in [0.05, 0.1) is 33.9 Å². The smallest absolute Gasteiger partial charge is 0.206 e. The van der Waals surface area contributed by atoms with Gasteiger partial charge in [-0.05, 0) is 23.8 Å². The number of alkyl halides is 9. The lowest BCUT2D eigenvalue weighted by atomic mass is 9.91. The first-order valence-electron chi connectivity index (χ1n) is 8.99. The van der Waals surface area contributed by atoms with Crippen molar-refractivity contribution in [1.29, 1.82) is 26.3 Å². The van der Waals surface area contributed by atoms with Crippen molar-refractivity contribution >= 4 is 11.1 Å². The first kappa shape index (κ1) is 28.2. The molecular weight excluding hydrogens is 524 g/mol. The van der Waals surface area contributed by atoms with Crippen molar-refractivity contribution in [3.05, 3.63) is 67.8 Å². The molecule has 0 heterocycles. The average molecular weight is 527 g/mol. The van der Waals surface area contributed by atoms with Crippen LogP contribution >= 0.6 is 0 Å². The first-order valence-corrected chi connectivity index (χ1v) is 8.99. The summed E-state index contributed by atoms with van der Waals surface area (Å²) in [7, 11) is 0. The highest BCUT2D eigenvalue weighted by Gasteiger charge is 2.42. The van der Waals surface area contributed by atoms with Crippen molar-refractivity contribution in [1.82, 2.24) is 0 Å². The highest BCUT2D eigenvalue weighted by Crippen LogP contribution is 2.41. The summed E-state index contributed by atoms with van der Waals surface area (Å²) < 4.78 is 137. The lowest BCUT2D eigenvalue weighted by Gasteiger charge is -2.17. The fraction of sp³-hybridized carbons (Fsp3) is 0.136. The van der Waals surface area contributed by atoms with E-state index in [0.29, 0.717) is 0 Å². The lowest BCUT2D eigenvalue weighted by molar-refractivity contribution is -0.143. The Bertz CT molecular complexity index is 1590. The quantitative estimate of drug-likeness (QED) is 0.505. The SMILES string of the molecule is N#CC(C#N)=c1c(C#N)c/c(=C(/C#N)c2cc(C(F)(F)F)c(C#N)c(C(F)(F)F)c2)c(F)c1C(F)(F)F. The van der Waals surface area contributed by atoms with Gasteiger partial charge in [0, 0.05) is 10.4 Å². The number of nitriles is 5. The van der Waals surface area contributed by atoms with Crippen LogP contribution in [0.3, 0.4) is 0 Å². The fourth-order valence-corrected chi connectivity index (χ4v) is 3.23. The van der Waals surface area contributed by atoms with Crippen LogP contribution in [-0.4, -0.2) is 0 Å². The highest BCUT2D eigenvalue weighted by molar-refractivity contribution is 5.80. The van der Waals surface area contributed by atoms with E-state index in [0.717, 1.165) is 30.3 Å².